The Kier molecular flexibility index (Phi) is 4.40. The van der Waals surface area contributed by atoms with Crippen LogP contribution >= 0.6 is 11.6 Å². The summed E-state index contributed by atoms with van der Waals surface area (Å²) in [6, 6.07) is 6.35. The zero-order chi connectivity index (χ0) is 15.5. The van der Waals surface area contributed by atoms with Crippen molar-refractivity contribution in [2.45, 2.75) is 18.9 Å². The number of halogens is 2. The molecule has 0 amide bonds. The molecule has 116 valence electrons. The first kappa shape index (κ1) is 15.0. The van der Waals surface area contributed by atoms with E-state index in [2.05, 4.69) is 20.6 Å². The van der Waals surface area contributed by atoms with Gasteiger partial charge in [0.15, 0.2) is 5.82 Å². The van der Waals surface area contributed by atoms with Crippen molar-refractivity contribution in [1.82, 2.24) is 9.97 Å². The first-order valence-corrected chi connectivity index (χ1v) is 7.53. The summed E-state index contributed by atoms with van der Waals surface area (Å²) in [6.45, 7) is 0.719. The highest BCUT2D eigenvalue weighted by molar-refractivity contribution is 6.32. The molecule has 1 aliphatic rings. The Bertz CT molecular complexity index is 643. The third-order valence-electron chi connectivity index (χ3n) is 3.75. The van der Waals surface area contributed by atoms with Crippen molar-refractivity contribution in [1.29, 1.82) is 0 Å². The molecule has 7 heteroatoms. The van der Waals surface area contributed by atoms with Crippen LogP contribution in [0.2, 0.25) is 5.02 Å². The molecule has 0 radical (unpaired) electrons. The van der Waals surface area contributed by atoms with Gasteiger partial charge >= 0.3 is 0 Å². The zero-order valence-corrected chi connectivity index (χ0v) is 12.6. The second-order valence-electron chi connectivity index (χ2n) is 5.44. The van der Waals surface area contributed by atoms with Gasteiger partial charge in [-0.05, 0) is 49.6 Å². The number of aromatic nitrogens is 2. The van der Waals surface area contributed by atoms with Crippen LogP contribution in [0.1, 0.15) is 12.8 Å². The molecule has 1 saturated carbocycles. The molecular weight excluding hydrogens is 305 g/mol. The van der Waals surface area contributed by atoms with Gasteiger partial charge in [-0.1, -0.05) is 11.6 Å². The lowest BCUT2D eigenvalue weighted by Gasteiger charge is -2.34. The highest BCUT2D eigenvalue weighted by Gasteiger charge is 2.28. The molecule has 0 unspecified atom stereocenters. The second-order valence-corrected chi connectivity index (χ2v) is 5.84. The minimum atomic E-state index is -0.291. The number of hydrogen-bond acceptors (Lipinski definition) is 5. The lowest BCUT2D eigenvalue weighted by Crippen LogP contribution is -2.39. The van der Waals surface area contributed by atoms with Crippen molar-refractivity contribution in [3.8, 4) is 0 Å². The van der Waals surface area contributed by atoms with Gasteiger partial charge in [-0.25, -0.2) is 9.37 Å². The fourth-order valence-corrected chi connectivity index (χ4v) is 2.56. The van der Waals surface area contributed by atoms with E-state index in [1.807, 2.05) is 0 Å². The monoisotopic (exact) mass is 321 g/mol. The Labute approximate surface area is 133 Å². The van der Waals surface area contributed by atoms with Crippen LogP contribution in [-0.4, -0.2) is 22.6 Å². The fourth-order valence-electron chi connectivity index (χ4n) is 2.42. The van der Waals surface area contributed by atoms with Gasteiger partial charge in [-0.2, -0.15) is 4.98 Å². The number of hydrogen-bond donors (Lipinski definition) is 3. The highest BCUT2D eigenvalue weighted by Crippen LogP contribution is 2.29. The number of benzene rings is 1. The third-order valence-corrected chi connectivity index (χ3v) is 4.03. The van der Waals surface area contributed by atoms with Crippen molar-refractivity contribution in [3.05, 3.63) is 41.3 Å². The number of nitrogens with two attached hydrogens (primary N) is 1. The lowest BCUT2D eigenvalue weighted by molar-refractivity contribution is 0.290. The Morgan fingerprint density at radius 3 is 2.68 bits per heavy atom. The molecule has 1 aromatic heterocycles. The van der Waals surface area contributed by atoms with Crippen LogP contribution in [0.5, 0.6) is 0 Å². The molecule has 2 aromatic rings. The quantitative estimate of drug-likeness (QED) is 0.788. The highest BCUT2D eigenvalue weighted by atomic mass is 35.5. The molecule has 4 N–H and O–H groups in total. The van der Waals surface area contributed by atoms with Gasteiger partial charge in [-0.3, -0.25) is 0 Å². The van der Waals surface area contributed by atoms with E-state index < -0.39 is 0 Å². The van der Waals surface area contributed by atoms with E-state index in [9.17, 15) is 4.39 Å². The Morgan fingerprint density at radius 2 is 2.00 bits per heavy atom. The molecule has 0 bridgehead atoms. The summed E-state index contributed by atoms with van der Waals surface area (Å²) >= 11 is 6.10. The second kappa shape index (κ2) is 6.46. The van der Waals surface area contributed by atoms with Crippen LogP contribution in [0.15, 0.2) is 30.5 Å². The average molecular weight is 322 g/mol. The molecule has 3 rings (SSSR count). The third kappa shape index (κ3) is 3.45. The van der Waals surface area contributed by atoms with Gasteiger partial charge in [0.05, 0.1) is 6.20 Å². The Hall–Kier alpha value is -1.92. The van der Waals surface area contributed by atoms with Gasteiger partial charge < -0.3 is 16.4 Å². The zero-order valence-electron chi connectivity index (χ0n) is 11.9. The summed E-state index contributed by atoms with van der Waals surface area (Å²) in [5.41, 5.74) is 6.32. The molecule has 1 aliphatic carbocycles. The Morgan fingerprint density at radius 1 is 1.27 bits per heavy atom. The van der Waals surface area contributed by atoms with E-state index in [0.29, 0.717) is 34.4 Å². The maximum absolute atomic E-state index is 12.9. The SMILES string of the molecule is NCC1CC(Nc2ncc(Cl)c(Nc3ccc(F)cc3)n2)C1. The molecule has 0 atom stereocenters. The van der Waals surface area contributed by atoms with Crippen LogP contribution in [0, 0.1) is 11.7 Å². The van der Waals surface area contributed by atoms with Crippen molar-refractivity contribution < 1.29 is 4.39 Å². The molecule has 0 spiro atoms. The van der Waals surface area contributed by atoms with Crippen molar-refractivity contribution in [3.63, 3.8) is 0 Å². The summed E-state index contributed by atoms with van der Waals surface area (Å²) < 4.78 is 12.9. The van der Waals surface area contributed by atoms with E-state index in [1.165, 1.54) is 12.1 Å². The maximum atomic E-state index is 12.9. The van der Waals surface area contributed by atoms with Crippen molar-refractivity contribution in [2.75, 3.05) is 17.2 Å². The molecule has 1 aromatic carbocycles. The topological polar surface area (TPSA) is 75.9 Å². The Balaban J connectivity index is 1.68. The maximum Gasteiger partial charge on any atom is 0.224 e. The normalized spacial score (nSPS) is 20.3. The largest absolute Gasteiger partial charge is 0.351 e. The minimum Gasteiger partial charge on any atom is -0.351 e. The van der Waals surface area contributed by atoms with Gasteiger partial charge in [0, 0.05) is 11.7 Å². The molecule has 1 fully saturated rings. The summed E-state index contributed by atoms with van der Waals surface area (Å²) in [5, 5.41) is 6.73. The number of nitrogens with one attached hydrogen (secondary N) is 2. The van der Waals surface area contributed by atoms with Gasteiger partial charge in [0.2, 0.25) is 5.95 Å². The van der Waals surface area contributed by atoms with E-state index in [1.54, 1.807) is 18.3 Å². The molecule has 22 heavy (non-hydrogen) atoms. The molecule has 1 heterocycles. The smallest absolute Gasteiger partial charge is 0.224 e. The van der Waals surface area contributed by atoms with E-state index in [4.69, 9.17) is 17.3 Å². The predicted molar refractivity (Wildman–Crippen MR) is 85.9 cm³/mol. The molecule has 0 saturated heterocycles. The van der Waals surface area contributed by atoms with Crippen LogP contribution in [0.3, 0.4) is 0 Å². The summed E-state index contributed by atoms with van der Waals surface area (Å²) in [6.07, 6.45) is 3.61. The van der Waals surface area contributed by atoms with Crippen LogP contribution in [0.25, 0.3) is 0 Å². The first-order valence-electron chi connectivity index (χ1n) is 7.16. The van der Waals surface area contributed by atoms with Gasteiger partial charge in [0.25, 0.3) is 0 Å². The summed E-state index contributed by atoms with van der Waals surface area (Å²) in [5.74, 6) is 1.30. The predicted octanol–water partition coefficient (Wildman–Crippen LogP) is 3.16. The van der Waals surface area contributed by atoms with E-state index in [0.717, 1.165) is 19.4 Å². The van der Waals surface area contributed by atoms with Gasteiger partial charge in [0.1, 0.15) is 10.8 Å². The molecule has 0 aliphatic heterocycles. The van der Waals surface area contributed by atoms with Gasteiger partial charge in [-0.15, -0.1) is 0 Å². The van der Waals surface area contributed by atoms with Crippen LogP contribution < -0.4 is 16.4 Å². The van der Waals surface area contributed by atoms with Crippen LogP contribution in [-0.2, 0) is 0 Å². The minimum absolute atomic E-state index is 0.291. The lowest BCUT2D eigenvalue weighted by atomic mass is 9.80. The molecule has 5 nitrogen and oxygen atoms in total. The van der Waals surface area contributed by atoms with E-state index >= 15 is 0 Å². The number of anilines is 3. The molecular formula is C15H17ClFN5. The van der Waals surface area contributed by atoms with Crippen molar-refractivity contribution in [2.24, 2.45) is 11.7 Å². The summed E-state index contributed by atoms with van der Waals surface area (Å²) in [7, 11) is 0. The van der Waals surface area contributed by atoms with E-state index in [-0.39, 0.29) is 5.82 Å². The first-order chi connectivity index (χ1) is 10.6. The summed E-state index contributed by atoms with van der Waals surface area (Å²) in [4.78, 5) is 8.55. The fraction of sp³-hybridized carbons (Fsp3) is 0.333. The standard InChI is InChI=1S/C15H17ClFN5/c16-13-8-19-15(21-12-5-9(6-12)7-18)22-14(13)20-11-3-1-10(17)2-4-11/h1-4,8-9,12H,5-7,18H2,(H2,19,20,21,22). The van der Waals surface area contributed by atoms with Crippen LogP contribution in [0.4, 0.5) is 21.8 Å². The average Bonchev–Trinajstić information content (AvgIpc) is 2.48. The number of rotatable bonds is 5. The number of nitrogens with zero attached hydrogens (tertiary/aromatic N) is 2. The van der Waals surface area contributed by atoms with Crippen molar-refractivity contribution >= 4 is 29.1 Å².